The minimum absolute atomic E-state index is 0.781. The second kappa shape index (κ2) is 4.31. The topological polar surface area (TPSA) is 40.2 Å². The molecule has 2 N–H and O–H groups in total. The summed E-state index contributed by atoms with van der Waals surface area (Å²) in [5.41, 5.74) is 8.07. The SMILES string of the molecule is CCn1cc(-c2ccccc2OC)cc1N. The molecule has 1 aromatic heterocycles. The molecule has 0 radical (unpaired) electrons. The molecule has 0 amide bonds. The van der Waals surface area contributed by atoms with E-state index in [-0.39, 0.29) is 0 Å². The lowest BCUT2D eigenvalue weighted by atomic mass is 10.1. The molecule has 84 valence electrons. The third kappa shape index (κ3) is 1.76. The minimum Gasteiger partial charge on any atom is -0.496 e. The summed E-state index contributed by atoms with van der Waals surface area (Å²) in [6.45, 7) is 2.95. The molecule has 0 saturated carbocycles. The van der Waals surface area contributed by atoms with Crippen molar-refractivity contribution >= 4 is 5.82 Å². The number of nitrogens with two attached hydrogens (primary N) is 1. The van der Waals surface area contributed by atoms with Crippen LogP contribution in [0.25, 0.3) is 11.1 Å². The van der Waals surface area contributed by atoms with E-state index in [1.165, 1.54) is 0 Å². The summed E-state index contributed by atoms with van der Waals surface area (Å²) < 4.78 is 7.35. The van der Waals surface area contributed by atoms with Gasteiger partial charge in [0.1, 0.15) is 11.6 Å². The summed E-state index contributed by atoms with van der Waals surface area (Å²) in [4.78, 5) is 0. The van der Waals surface area contributed by atoms with Gasteiger partial charge in [0.15, 0.2) is 0 Å². The molecule has 0 atom stereocenters. The number of aromatic nitrogens is 1. The van der Waals surface area contributed by atoms with Gasteiger partial charge >= 0.3 is 0 Å². The Morgan fingerprint density at radius 3 is 2.69 bits per heavy atom. The first kappa shape index (κ1) is 10.6. The van der Waals surface area contributed by atoms with Crippen molar-refractivity contribution in [1.82, 2.24) is 4.57 Å². The highest BCUT2D eigenvalue weighted by atomic mass is 16.5. The monoisotopic (exact) mass is 216 g/mol. The maximum Gasteiger partial charge on any atom is 0.126 e. The zero-order chi connectivity index (χ0) is 11.5. The zero-order valence-electron chi connectivity index (χ0n) is 9.60. The van der Waals surface area contributed by atoms with Gasteiger partial charge in [-0.15, -0.1) is 0 Å². The summed E-state index contributed by atoms with van der Waals surface area (Å²) in [7, 11) is 1.68. The lowest BCUT2D eigenvalue weighted by Gasteiger charge is -2.05. The summed E-state index contributed by atoms with van der Waals surface area (Å²) >= 11 is 0. The number of nitrogen functional groups attached to an aromatic ring is 1. The number of hydrogen-bond donors (Lipinski definition) is 1. The van der Waals surface area contributed by atoms with E-state index in [1.54, 1.807) is 7.11 Å². The Hall–Kier alpha value is -1.90. The molecule has 16 heavy (non-hydrogen) atoms. The molecule has 0 aliphatic carbocycles. The van der Waals surface area contributed by atoms with Crippen LogP contribution in [-0.2, 0) is 6.54 Å². The highest BCUT2D eigenvalue weighted by Gasteiger charge is 2.08. The maximum absolute atomic E-state index is 5.90. The van der Waals surface area contributed by atoms with Crippen molar-refractivity contribution in [2.75, 3.05) is 12.8 Å². The predicted molar refractivity (Wildman–Crippen MR) is 66.5 cm³/mol. The number of benzene rings is 1. The summed E-state index contributed by atoms with van der Waals surface area (Å²) in [6.07, 6.45) is 2.05. The fourth-order valence-corrected chi connectivity index (χ4v) is 1.83. The van der Waals surface area contributed by atoms with Crippen molar-refractivity contribution in [2.24, 2.45) is 0 Å². The Labute approximate surface area is 95.5 Å². The van der Waals surface area contributed by atoms with Crippen molar-refractivity contribution < 1.29 is 4.74 Å². The Morgan fingerprint density at radius 2 is 2.06 bits per heavy atom. The second-order valence-electron chi connectivity index (χ2n) is 3.64. The van der Waals surface area contributed by atoms with Gasteiger partial charge in [-0.3, -0.25) is 0 Å². The molecule has 1 heterocycles. The number of rotatable bonds is 3. The molecule has 0 unspecified atom stereocenters. The van der Waals surface area contributed by atoms with E-state index >= 15 is 0 Å². The molecule has 0 saturated heterocycles. The van der Waals surface area contributed by atoms with Crippen molar-refractivity contribution in [1.29, 1.82) is 0 Å². The van der Waals surface area contributed by atoms with Crippen molar-refractivity contribution in [3.8, 4) is 16.9 Å². The van der Waals surface area contributed by atoms with Crippen LogP contribution in [0.5, 0.6) is 5.75 Å². The number of nitrogens with zero attached hydrogens (tertiary/aromatic N) is 1. The number of hydrogen-bond acceptors (Lipinski definition) is 2. The van der Waals surface area contributed by atoms with Gasteiger partial charge in [-0.1, -0.05) is 18.2 Å². The molecule has 0 fully saturated rings. The van der Waals surface area contributed by atoms with Crippen LogP contribution in [0.2, 0.25) is 0 Å². The number of anilines is 1. The number of aryl methyl sites for hydroxylation is 1. The maximum atomic E-state index is 5.90. The van der Waals surface area contributed by atoms with Crippen LogP contribution in [0, 0.1) is 0 Å². The molecule has 2 aromatic rings. The smallest absolute Gasteiger partial charge is 0.126 e. The summed E-state index contributed by atoms with van der Waals surface area (Å²) in [5, 5.41) is 0. The molecule has 0 aliphatic heterocycles. The van der Waals surface area contributed by atoms with Crippen LogP contribution >= 0.6 is 0 Å². The summed E-state index contributed by atoms with van der Waals surface area (Å²) in [5.74, 6) is 1.65. The van der Waals surface area contributed by atoms with E-state index in [2.05, 4.69) is 6.92 Å². The van der Waals surface area contributed by atoms with Crippen molar-refractivity contribution in [3.63, 3.8) is 0 Å². The fourth-order valence-electron chi connectivity index (χ4n) is 1.83. The van der Waals surface area contributed by atoms with E-state index in [1.807, 2.05) is 41.1 Å². The van der Waals surface area contributed by atoms with Gasteiger partial charge in [-0.25, -0.2) is 0 Å². The van der Waals surface area contributed by atoms with Gasteiger partial charge in [0.2, 0.25) is 0 Å². The van der Waals surface area contributed by atoms with Gasteiger partial charge < -0.3 is 15.0 Å². The van der Waals surface area contributed by atoms with Crippen LogP contribution in [0.15, 0.2) is 36.5 Å². The molecule has 1 aromatic carbocycles. The molecule has 2 rings (SSSR count). The largest absolute Gasteiger partial charge is 0.496 e. The normalized spacial score (nSPS) is 10.4. The summed E-state index contributed by atoms with van der Waals surface area (Å²) in [6, 6.07) is 9.92. The van der Waals surface area contributed by atoms with E-state index < -0.39 is 0 Å². The average Bonchev–Trinajstić information content (AvgIpc) is 2.70. The first-order valence-corrected chi connectivity index (χ1v) is 5.35. The van der Waals surface area contributed by atoms with E-state index in [0.29, 0.717) is 0 Å². The van der Waals surface area contributed by atoms with Crippen molar-refractivity contribution in [3.05, 3.63) is 36.5 Å². The average molecular weight is 216 g/mol. The third-order valence-corrected chi connectivity index (χ3v) is 2.69. The molecule has 0 aliphatic rings. The fraction of sp³-hybridized carbons (Fsp3) is 0.231. The van der Waals surface area contributed by atoms with Crippen LogP contribution in [0.4, 0.5) is 5.82 Å². The van der Waals surface area contributed by atoms with Crippen LogP contribution in [0.3, 0.4) is 0 Å². The lowest BCUT2D eigenvalue weighted by Crippen LogP contribution is -1.97. The first-order chi connectivity index (χ1) is 7.76. The third-order valence-electron chi connectivity index (χ3n) is 2.69. The molecule has 0 bridgehead atoms. The van der Waals surface area contributed by atoms with Crippen molar-refractivity contribution in [2.45, 2.75) is 13.5 Å². The van der Waals surface area contributed by atoms with E-state index in [4.69, 9.17) is 10.5 Å². The minimum atomic E-state index is 0.781. The van der Waals surface area contributed by atoms with E-state index in [0.717, 1.165) is 29.2 Å². The van der Waals surface area contributed by atoms with Crippen LogP contribution in [-0.4, -0.2) is 11.7 Å². The van der Waals surface area contributed by atoms with Gasteiger partial charge in [0.05, 0.1) is 7.11 Å². The molecule has 0 spiro atoms. The lowest BCUT2D eigenvalue weighted by molar-refractivity contribution is 0.416. The van der Waals surface area contributed by atoms with Gasteiger partial charge in [-0.05, 0) is 19.1 Å². The molecule has 3 heteroatoms. The van der Waals surface area contributed by atoms with Gasteiger partial charge in [0, 0.05) is 23.9 Å². The molecular weight excluding hydrogens is 200 g/mol. The molecule has 3 nitrogen and oxygen atoms in total. The zero-order valence-corrected chi connectivity index (χ0v) is 9.60. The van der Waals surface area contributed by atoms with Gasteiger partial charge in [-0.2, -0.15) is 0 Å². The highest BCUT2D eigenvalue weighted by molar-refractivity contribution is 5.72. The highest BCUT2D eigenvalue weighted by Crippen LogP contribution is 2.31. The number of methoxy groups -OCH3 is 1. The standard InChI is InChI=1S/C13H16N2O/c1-3-15-9-10(8-13(15)14)11-6-4-5-7-12(11)16-2/h4-9H,3,14H2,1-2H3. The second-order valence-corrected chi connectivity index (χ2v) is 3.64. The van der Waals surface area contributed by atoms with Gasteiger partial charge in [0.25, 0.3) is 0 Å². The molecular formula is C13H16N2O. The Morgan fingerprint density at radius 1 is 1.31 bits per heavy atom. The van der Waals surface area contributed by atoms with Crippen LogP contribution in [0.1, 0.15) is 6.92 Å². The Bertz CT molecular complexity index is 488. The Kier molecular flexibility index (Phi) is 2.86. The number of para-hydroxylation sites is 1. The number of ether oxygens (including phenoxy) is 1. The van der Waals surface area contributed by atoms with E-state index in [9.17, 15) is 0 Å². The Balaban J connectivity index is 2.49. The predicted octanol–water partition coefficient (Wildman–Crippen LogP) is 2.77. The quantitative estimate of drug-likeness (QED) is 0.857. The van der Waals surface area contributed by atoms with Crippen LogP contribution < -0.4 is 10.5 Å². The first-order valence-electron chi connectivity index (χ1n) is 5.35.